The Morgan fingerprint density at radius 2 is 1.87 bits per heavy atom. The van der Waals surface area contributed by atoms with E-state index in [2.05, 4.69) is 86.7 Å². The number of H-pyrrole nitrogens is 1. The van der Waals surface area contributed by atoms with Gasteiger partial charge in [-0.25, -0.2) is 4.98 Å². The molecule has 0 aliphatic carbocycles. The largest absolute Gasteiger partial charge is 0.382 e. The number of imidazole rings is 1. The van der Waals surface area contributed by atoms with Gasteiger partial charge in [-0.3, -0.25) is 9.89 Å². The van der Waals surface area contributed by atoms with Gasteiger partial charge in [0.1, 0.15) is 5.82 Å². The zero-order valence-electron chi connectivity index (χ0n) is 26.7. The number of anilines is 1. The third kappa shape index (κ3) is 9.61. The number of rotatable bonds is 8. The second-order valence-electron chi connectivity index (χ2n) is 10.4. The molecule has 9 heteroatoms. The minimum absolute atomic E-state index is 0.313. The summed E-state index contributed by atoms with van der Waals surface area (Å²) < 4.78 is 0. The lowest BCUT2D eigenvalue weighted by Crippen LogP contribution is -2.46. The second-order valence-corrected chi connectivity index (χ2v) is 10.8. The van der Waals surface area contributed by atoms with E-state index in [0.717, 1.165) is 55.5 Å². The maximum Gasteiger partial charge on any atom is 0.120 e. The van der Waals surface area contributed by atoms with Crippen LogP contribution in [0.5, 0.6) is 0 Å². The quantitative estimate of drug-likeness (QED) is 0.190. The number of hydrogen-bond acceptors (Lipinski definition) is 7. The molecule has 1 aromatic heterocycles. The van der Waals surface area contributed by atoms with Crippen LogP contribution >= 0.6 is 11.6 Å². The summed E-state index contributed by atoms with van der Waals surface area (Å²) in [5.74, 6) is 3.32. The van der Waals surface area contributed by atoms with Gasteiger partial charge in [-0.2, -0.15) is 5.26 Å². The molecule has 5 rings (SSSR count). The van der Waals surface area contributed by atoms with Gasteiger partial charge < -0.3 is 20.5 Å². The molecule has 234 valence electrons. The van der Waals surface area contributed by atoms with E-state index in [1.165, 1.54) is 16.8 Å². The Morgan fingerprint density at radius 3 is 2.44 bits per heavy atom. The molecule has 1 atom stereocenters. The van der Waals surface area contributed by atoms with Crippen molar-refractivity contribution >= 4 is 29.7 Å². The first-order chi connectivity index (χ1) is 21.8. The van der Waals surface area contributed by atoms with Crippen LogP contribution in [0.1, 0.15) is 42.3 Å². The van der Waals surface area contributed by atoms with Gasteiger partial charge in [0.15, 0.2) is 0 Å². The molecule has 0 radical (unpaired) electrons. The Morgan fingerprint density at radius 1 is 1.16 bits per heavy atom. The molecule has 45 heavy (non-hydrogen) atoms. The molecule has 3 heterocycles. The molecule has 0 bridgehead atoms. The number of aryl methyl sites for hydroxylation is 2. The molecule has 3 N–H and O–H groups in total. The first-order valence-electron chi connectivity index (χ1n) is 15.1. The smallest absolute Gasteiger partial charge is 0.120 e. The zero-order valence-corrected chi connectivity index (χ0v) is 27.5. The number of dihydropyridines is 1. The summed E-state index contributed by atoms with van der Waals surface area (Å²) in [4.78, 5) is 16.5. The van der Waals surface area contributed by atoms with E-state index in [0.29, 0.717) is 22.8 Å². The number of halogens is 1. The lowest BCUT2D eigenvalue weighted by atomic mass is 10.00. The van der Waals surface area contributed by atoms with Crippen LogP contribution in [0, 0.1) is 37.5 Å². The predicted molar refractivity (Wildman–Crippen MR) is 188 cm³/mol. The van der Waals surface area contributed by atoms with Crippen LogP contribution in [0.25, 0.3) is 0 Å². The van der Waals surface area contributed by atoms with Crippen molar-refractivity contribution in [1.82, 2.24) is 25.5 Å². The molecule has 3 aromatic rings. The molecular weight excluding hydrogens is 580 g/mol. The second kappa shape index (κ2) is 17.5. The van der Waals surface area contributed by atoms with E-state index < -0.39 is 0 Å². The van der Waals surface area contributed by atoms with Crippen LogP contribution in [0.4, 0.5) is 11.4 Å². The molecule has 1 fully saturated rings. The predicted octanol–water partition coefficient (Wildman–Crippen LogP) is 6.76. The standard InChI is InChI=1S/C17H14ClN3.C17H23N5.C2H6/c1-3-16-12(2)20-8-7-17(16)21-11-14(10-19)13-5-4-6-15(18)9-13;1-13-10-15(11-14(2)17(13)18-3)22-8-6-21(7-9-22)12-16-19-4-5-20-16;1-2/h1,4-9,14,20-21H,2,11H2;4-5,10-11H,3,6-9,12H2,1-2H3,(H,19,20);1-2H3. The molecule has 0 saturated carbocycles. The van der Waals surface area contributed by atoms with Crippen LogP contribution in [-0.4, -0.2) is 54.3 Å². The third-order valence-electron chi connectivity index (χ3n) is 7.43. The highest BCUT2D eigenvalue weighted by Gasteiger charge is 2.19. The van der Waals surface area contributed by atoms with Gasteiger partial charge in [0.2, 0.25) is 0 Å². The highest BCUT2D eigenvalue weighted by atomic mass is 35.5. The van der Waals surface area contributed by atoms with E-state index in [9.17, 15) is 5.26 Å². The maximum absolute atomic E-state index is 9.34. The number of aromatic nitrogens is 2. The molecule has 1 saturated heterocycles. The first kappa shape index (κ1) is 34.7. The Labute approximate surface area is 273 Å². The van der Waals surface area contributed by atoms with Crippen molar-refractivity contribution in [3.63, 3.8) is 0 Å². The van der Waals surface area contributed by atoms with Gasteiger partial charge >= 0.3 is 0 Å². The fourth-order valence-corrected chi connectivity index (χ4v) is 5.35. The van der Waals surface area contributed by atoms with Crippen LogP contribution in [0.15, 0.2) is 89.6 Å². The van der Waals surface area contributed by atoms with Crippen LogP contribution in [0.2, 0.25) is 5.02 Å². The number of nitriles is 1. The molecule has 0 amide bonds. The average Bonchev–Trinajstić information content (AvgIpc) is 3.56. The number of benzene rings is 2. The van der Waals surface area contributed by atoms with Gasteiger partial charge in [-0.1, -0.05) is 50.1 Å². The lowest BCUT2D eigenvalue weighted by molar-refractivity contribution is 0.244. The summed E-state index contributed by atoms with van der Waals surface area (Å²) >= 11 is 5.96. The van der Waals surface area contributed by atoms with Crippen molar-refractivity contribution in [2.75, 3.05) is 37.6 Å². The Hall–Kier alpha value is -4.76. The average molecular weight is 623 g/mol. The molecule has 2 aromatic carbocycles. The Balaban J connectivity index is 0.000000233. The number of aliphatic imine (C=N–C) groups is 1. The van der Waals surface area contributed by atoms with Crippen molar-refractivity contribution in [3.8, 4) is 18.4 Å². The van der Waals surface area contributed by atoms with Crippen LogP contribution < -0.4 is 15.5 Å². The number of nitrogens with zero attached hydrogens (tertiary/aromatic N) is 5. The monoisotopic (exact) mass is 622 g/mol. The van der Waals surface area contributed by atoms with Gasteiger partial charge in [-0.05, 0) is 67.6 Å². The summed E-state index contributed by atoms with van der Waals surface area (Å²) in [5.41, 5.74) is 7.69. The summed E-state index contributed by atoms with van der Waals surface area (Å²) in [6.45, 7) is 21.3. The van der Waals surface area contributed by atoms with Crippen molar-refractivity contribution in [2.24, 2.45) is 4.99 Å². The minimum Gasteiger partial charge on any atom is -0.382 e. The molecular formula is C36H43ClN8. The van der Waals surface area contributed by atoms with E-state index in [1.807, 2.05) is 44.4 Å². The summed E-state index contributed by atoms with van der Waals surface area (Å²) in [6, 6.07) is 14.0. The molecule has 2 aliphatic rings. The van der Waals surface area contributed by atoms with Gasteiger partial charge in [0.25, 0.3) is 0 Å². The molecule has 8 nitrogen and oxygen atoms in total. The minimum atomic E-state index is -0.313. The topological polar surface area (TPSA) is 95.4 Å². The summed E-state index contributed by atoms with van der Waals surface area (Å²) in [5, 5.41) is 16.1. The maximum atomic E-state index is 9.34. The van der Waals surface area contributed by atoms with Gasteiger partial charge in [0, 0.05) is 67.7 Å². The third-order valence-corrected chi connectivity index (χ3v) is 7.66. The highest BCUT2D eigenvalue weighted by molar-refractivity contribution is 6.30. The Bertz CT molecular complexity index is 1560. The number of nitrogens with one attached hydrogen (secondary N) is 3. The summed E-state index contributed by atoms with van der Waals surface area (Å²) in [7, 11) is 0. The number of piperazine rings is 1. The van der Waals surface area contributed by atoms with Crippen molar-refractivity contribution in [2.45, 2.75) is 40.2 Å². The number of allylic oxidation sites excluding steroid dienone is 2. The van der Waals surface area contributed by atoms with E-state index in [4.69, 9.17) is 18.0 Å². The van der Waals surface area contributed by atoms with E-state index >= 15 is 0 Å². The highest BCUT2D eigenvalue weighted by Crippen LogP contribution is 2.29. The number of hydrogen-bond donors (Lipinski definition) is 3. The normalized spacial score (nSPS) is 14.9. The van der Waals surface area contributed by atoms with Crippen molar-refractivity contribution in [1.29, 1.82) is 5.26 Å². The van der Waals surface area contributed by atoms with Gasteiger partial charge in [0.05, 0.1) is 35.5 Å². The van der Waals surface area contributed by atoms with E-state index in [1.54, 1.807) is 18.3 Å². The zero-order chi connectivity index (χ0) is 32.8. The molecule has 1 unspecified atom stereocenters. The number of aromatic amines is 1. The van der Waals surface area contributed by atoms with Crippen molar-refractivity contribution in [3.05, 3.63) is 112 Å². The SMILES string of the molecule is C#CC1=C(NCC(C#N)c2cccc(Cl)c2)C=CNC1=C.C=Nc1c(C)cc(N2CCN(Cc3ncc[nH]3)CC2)cc1C.CC. The van der Waals surface area contributed by atoms with Crippen LogP contribution in [-0.2, 0) is 6.54 Å². The Kier molecular flexibility index (Phi) is 13.5. The molecule has 0 spiro atoms. The van der Waals surface area contributed by atoms with Gasteiger partial charge in [-0.15, -0.1) is 6.42 Å². The van der Waals surface area contributed by atoms with Crippen molar-refractivity contribution < 1.29 is 0 Å². The van der Waals surface area contributed by atoms with Crippen LogP contribution in [0.3, 0.4) is 0 Å². The first-order valence-corrected chi connectivity index (χ1v) is 15.5. The number of terminal acetylenes is 1. The summed E-state index contributed by atoms with van der Waals surface area (Å²) in [6.07, 6.45) is 12.8. The fraction of sp³-hybridized carbons (Fsp3) is 0.306. The molecule has 2 aliphatic heterocycles. The van der Waals surface area contributed by atoms with E-state index in [-0.39, 0.29) is 5.92 Å². The lowest BCUT2D eigenvalue weighted by Gasteiger charge is -2.36. The fourth-order valence-electron chi connectivity index (χ4n) is 5.15.